The zero-order valence-electron chi connectivity index (χ0n) is 11.8. The molecule has 2 aromatic rings. The topological polar surface area (TPSA) is 29.9 Å². The van der Waals surface area contributed by atoms with Crippen molar-refractivity contribution in [3.8, 4) is 0 Å². The fraction of sp³-hybridized carbons (Fsp3) is 0.533. The minimum Gasteiger partial charge on any atom is -0.310 e. The maximum Gasteiger partial charge on any atom is 0.0537 e. The lowest BCUT2D eigenvalue weighted by molar-refractivity contribution is 0.484. The van der Waals surface area contributed by atoms with Gasteiger partial charge in [0.15, 0.2) is 0 Å². The molecule has 3 nitrogen and oxygen atoms in total. The van der Waals surface area contributed by atoms with Crippen LogP contribution >= 0.6 is 11.3 Å². The van der Waals surface area contributed by atoms with E-state index in [1.165, 1.54) is 36.1 Å². The summed E-state index contributed by atoms with van der Waals surface area (Å²) in [4.78, 5) is 1.49. The first-order chi connectivity index (χ1) is 9.29. The van der Waals surface area contributed by atoms with Crippen molar-refractivity contribution >= 4 is 11.3 Å². The van der Waals surface area contributed by atoms with Gasteiger partial charge in [-0.25, -0.2) is 0 Å². The van der Waals surface area contributed by atoms with Crippen LogP contribution in [0.3, 0.4) is 0 Å². The molecule has 0 amide bonds. The largest absolute Gasteiger partial charge is 0.310 e. The molecule has 4 heteroatoms. The molecule has 0 aromatic carbocycles. The molecule has 0 spiro atoms. The van der Waals surface area contributed by atoms with Crippen LogP contribution in [-0.2, 0) is 13.5 Å². The summed E-state index contributed by atoms with van der Waals surface area (Å²) in [6, 6.07) is 4.80. The van der Waals surface area contributed by atoms with E-state index in [0.717, 1.165) is 6.54 Å². The third-order valence-corrected chi connectivity index (χ3v) is 4.20. The van der Waals surface area contributed by atoms with Gasteiger partial charge in [-0.05, 0) is 43.7 Å². The van der Waals surface area contributed by atoms with Crippen molar-refractivity contribution in [3.05, 3.63) is 40.3 Å². The van der Waals surface area contributed by atoms with Crippen molar-refractivity contribution in [3.63, 3.8) is 0 Å². The Labute approximate surface area is 119 Å². The van der Waals surface area contributed by atoms with Crippen molar-refractivity contribution in [1.82, 2.24) is 15.1 Å². The first kappa shape index (κ1) is 14.3. The summed E-state index contributed by atoms with van der Waals surface area (Å²) in [5.74, 6) is 0. The van der Waals surface area contributed by atoms with E-state index in [1.807, 2.05) is 29.3 Å². The highest BCUT2D eigenvalue weighted by Crippen LogP contribution is 2.20. The molecule has 0 saturated heterocycles. The minimum atomic E-state index is 0.439. The number of rotatable bonds is 8. The van der Waals surface area contributed by atoms with E-state index in [4.69, 9.17) is 0 Å². The molecule has 0 saturated carbocycles. The molecule has 0 aliphatic heterocycles. The van der Waals surface area contributed by atoms with Crippen molar-refractivity contribution in [2.24, 2.45) is 7.05 Å². The highest BCUT2D eigenvalue weighted by molar-refractivity contribution is 7.09. The van der Waals surface area contributed by atoms with Crippen molar-refractivity contribution in [2.75, 3.05) is 6.54 Å². The maximum atomic E-state index is 4.28. The lowest BCUT2D eigenvalue weighted by Gasteiger charge is -2.16. The van der Waals surface area contributed by atoms with Gasteiger partial charge in [-0.15, -0.1) is 11.3 Å². The fourth-order valence-electron chi connectivity index (χ4n) is 2.26. The molecule has 2 heterocycles. The Kier molecular flexibility index (Phi) is 5.61. The highest BCUT2D eigenvalue weighted by atomic mass is 32.1. The Morgan fingerprint density at radius 1 is 1.47 bits per heavy atom. The van der Waals surface area contributed by atoms with Gasteiger partial charge in [0, 0.05) is 29.7 Å². The van der Waals surface area contributed by atoms with Gasteiger partial charge >= 0.3 is 0 Å². The molecule has 1 N–H and O–H groups in total. The summed E-state index contributed by atoms with van der Waals surface area (Å²) in [6.45, 7) is 3.28. The smallest absolute Gasteiger partial charge is 0.0537 e. The van der Waals surface area contributed by atoms with Gasteiger partial charge in [0.25, 0.3) is 0 Å². The third kappa shape index (κ3) is 4.48. The summed E-state index contributed by atoms with van der Waals surface area (Å²) in [6.07, 6.45) is 8.85. The van der Waals surface area contributed by atoms with Gasteiger partial charge in [0.1, 0.15) is 0 Å². The second kappa shape index (κ2) is 7.46. The van der Waals surface area contributed by atoms with E-state index >= 15 is 0 Å². The molecule has 0 aliphatic rings. The summed E-state index contributed by atoms with van der Waals surface area (Å²) < 4.78 is 1.88. The predicted octanol–water partition coefficient (Wildman–Crippen LogP) is 3.55. The Morgan fingerprint density at radius 2 is 2.37 bits per heavy atom. The van der Waals surface area contributed by atoms with Gasteiger partial charge in [-0.2, -0.15) is 5.10 Å². The van der Waals surface area contributed by atoms with Gasteiger partial charge in [-0.1, -0.05) is 13.0 Å². The average Bonchev–Trinajstić information content (AvgIpc) is 3.05. The van der Waals surface area contributed by atoms with Crippen LogP contribution in [0.5, 0.6) is 0 Å². The molecular formula is C15H23N3S. The lowest BCUT2D eigenvalue weighted by Crippen LogP contribution is -2.22. The third-order valence-electron chi connectivity index (χ3n) is 3.26. The molecule has 1 unspecified atom stereocenters. The summed E-state index contributed by atoms with van der Waals surface area (Å²) >= 11 is 1.86. The lowest BCUT2D eigenvalue weighted by atomic mass is 10.0. The molecule has 0 radical (unpaired) electrons. The number of hydrogen-bond donors (Lipinski definition) is 1. The number of nitrogens with zero attached hydrogens (tertiary/aromatic N) is 2. The van der Waals surface area contributed by atoms with Crippen LogP contribution in [-0.4, -0.2) is 16.3 Å². The van der Waals surface area contributed by atoms with Crippen LogP contribution in [0.2, 0.25) is 0 Å². The Balaban J connectivity index is 1.86. The van der Waals surface area contributed by atoms with Crippen LogP contribution in [0.15, 0.2) is 29.9 Å². The number of aromatic nitrogens is 2. The van der Waals surface area contributed by atoms with Crippen molar-refractivity contribution in [1.29, 1.82) is 0 Å². The van der Waals surface area contributed by atoms with Crippen LogP contribution in [0.4, 0.5) is 0 Å². The summed E-state index contributed by atoms with van der Waals surface area (Å²) in [5.41, 5.74) is 1.31. The second-order valence-corrected chi connectivity index (χ2v) is 5.96. The Bertz CT molecular complexity index is 461. The quantitative estimate of drug-likeness (QED) is 0.800. The summed E-state index contributed by atoms with van der Waals surface area (Å²) in [7, 11) is 1.98. The van der Waals surface area contributed by atoms with E-state index < -0.39 is 0 Å². The zero-order chi connectivity index (χ0) is 13.5. The van der Waals surface area contributed by atoms with Crippen LogP contribution in [0.1, 0.15) is 42.7 Å². The number of thiophene rings is 1. The van der Waals surface area contributed by atoms with E-state index in [0.29, 0.717) is 6.04 Å². The van der Waals surface area contributed by atoms with Crippen molar-refractivity contribution in [2.45, 2.75) is 38.6 Å². The zero-order valence-corrected chi connectivity index (χ0v) is 12.6. The SMILES string of the molecule is CCCNC(CCCc1cccs1)c1cnn(C)c1. The maximum absolute atomic E-state index is 4.28. The van der Waals surface area contributed by atoms with E-state index in [1.54, 1.807) is 0 Å². The van der Waals surface area contributed by atoms with Gasteiger partial charge < -0.3 is 5.32 Å². The summed E-state index contributed by atoms with van der Waals surface area (Å²) in [5, 5.41) is 10.1. The molecule has 2 aromatic heterocycles. The highest BCUT2D eigenvalue weighted by Gasteiger charge is 2.12. The Hall–Kier alpha value is -1.13. The molecule has 19 heavy (non-hydrogen) atoms. The van der Waals surface area contributed by atoms with E-state index in [-0.39, 0.29) is 0 Å². The van der Waals surface area contributed by atoms with Crippen LogP contribution in [0, 0.1) is 0 Å². The first-order valence-electron chi connectivity index (χ1n) is 7.04. The molecule has 2 rings (SSSR count). The number of aryl methyl sites for hydroxylation is 2. The van der Waals surface area contributed by atoms with E-state index in [9.17, 15) is 0 Å². The van der Waals surface area contributed by atoms with Gasteiger partial charge in [-0.3, -0.25) is 4.68 Å². The second-order valence-electron chi connectivity index (χ2n) is 4.93. The number of hydrogen-bond acceptors (Lipinski definition) is 3. The fourth-order valence-corrected chi connectivity index (χ4v) is 3.01. The van der Waals surface area contributed by atoms with Crippen LogP contribution in [0.25, 0.3) is 0 Å². The van der Waals surface area contributed by atoms with Crippen molar-refractivity contribution < 1.29 is 0 Å². The molecule has 0 bridgehead atoms. The van der Waals surface area contributed by atoms with Gasteiger partial charge in [0.05, 0.1) is 6.20 Å². The minimum absolute atomic E-state index is 0.439. The first-order valence-corrected chi connectivity index (χ1v) is 7.92. The van der Waals surface area contributed by atoms with Gasteiger partial charge in [0.2, 0.25) is 0 Å². The van der Waals surface area contributed by atoms with Crippen LogP contribution < -0.4 is 5.32 Å². The molecule has 1 atom stereocenters. The average molecular weight is 277 g/mol. The normalized spacial score (nSPS) is 12.7. The molecule has 104 valence electrons. The predicted molar refractivity (Wildman–Crippen MR) is 81.5 cm³/mol. The Morgan fingerprint density at radius 3 is 3.00 bits per heavy atom. The van der Waals surface area contributed by atoms with E-state index in [2.05, 4.69) is 41.0 Å². The monoisotopic (exact) mass is 277 g/mol. The molecule has 0 fully saturated rings. The molecule has 0 aliphatic carbocycles. The molecular weight excluding hydrogens is 254 g/mol. The standard InChI is InChI=1S/C15H23N3S/c1-3-9-16-15(13-11-17-18(2)12-13)8-4-6-14-7-5-10-19-14/h5,7,10-12,15-16H,3-4,6,8-9H2,1-2H3. The number of nitrogens with one attached hydrogen (secondary N) is 1.